The summed E-state index contributed by atoms with van der Waals surface area (Å²) in [5, 5.41) is 9.07. The van der Waals surface area contributed by atoms with E-state index < -0.39 is 0 Å². The van der Waals surface area contributed by atoms with E-state index >= 15 is 0 Å². The summed E-state index contributed by atoms with van der Waals surface area (Å²) < 4.78 is 18.7. The van der Waals surface area contributed by atoms with Gasteiger partial charge in [0, 0.05) is 16.7 Å². The number of benzene rings is 2. The molecule has 2 aromatic carbocycles. The average molecular weight is 278 g/mol. The van der Waals surface area contributed by atoms with Gasteiger partial charge in [-0.15, -0.1) is 11.8 Å². The predicted octanol–water partition coefficient (Wildman–Crippen LogP) is 3.62. The van der Waals surface area contributed by atoms with Crippen LogP contribution in [0, 0.1) is 5.82 Å². The number of rotatable bonds is 5. The van der Waals surface area contributed by atoms with Gasteiger partial charge in [0.25, 0.3) is 0 Å². The third kappa shape index (κ3) is 3.72. The van der Waals surface area contributed by atoms with Crippen molar-refractivity contribution >= 4 is 11.8 Å². The summed E-state index contributed by atoms with van der Waals surface area (Å²) in [6.07, 6.45) is 0. The van der Waals surface area contributed by atoms with Crippen LogP contribution in [0.2, 0.25) is 0 Å². The molecule has 0 aliphatic heterocycles. The molecule has 2 rings (SSSR count). The van der Waals surface area contributed by atoms with Crippen molar-refractivity contribution in [2.45, 2.75) is 17.3 Å². The number of hydrogen-bond donors (Lipinski definition) is 1. The van der Waals surface area contributed by atoms with E-state index in [0.717, 1.165) is 10.5 Å². The Morgan fingerprint density at radius 2 is 2.05 bits per heavy atom. The third-order valence-electron chi connectivity index (χ3n) is 2.74. The first-order valence-electron chi connectivity index (χ1n) is 5.88. The van der Waals surface area contributed by atoms with Gasteiger partial charge >= 0.3 is 0 Å². The largest absolute Gasteiger partial charge is 0.497 e. The van der Waals surface area contributed by atoms with E-state index in [-0.39, 0.29) is 12.4 Å². The maximum Gasteiger partial charge on any atom is 0.130 e. The molecule has 0 saturated carbocycles. The van der Waals surface area contributed by atoms with Crippen molar-refractivity contribution in [3.8, 4) is 5.75 Å². The molecule has 0 aromatic heterocycles. The number of ether oxygens (including phenoxy) is 1. The zero-order valence-corrected chi connectivity index (χ0v) is 11.4. The van der Waals surface area contributed by atoms with Gasteiger partial charge in [-0.3, -0.25) is 0 Å². The molecular formula is C15H15FO2S. The highest BCUT2D eigenvalue weighted by molar-refractivity contribution is 7.98. The maximum atomic E-state index is 13.8. The van der Waals surface area contributed by atoms with Crippen molar-refractivity contribution in [2.75, 3.05) is 7.11 Å². The van der Waals surface area contributed by atoms with E-state index in [0.29, 0.717) is 17.1 Å². The molecular weight excluding hydrogens is 263 g/mol. The van der Waals surface area contributed by atoms with Crippen LogP contribution in [0.5, 0.6) is 5.75 Å². The standard InChI is InChI=1S/C15H15FO2S/c1-18-13-6-5-12(15(16)8-13)10-19-14-4-2-3-11(7-14)9-17/h2-8,17H,9-10H2,1H3. The lowest BCUT2D eigenvalue weighted by molar-refractivity contribution is 0.281. The van der Waals surface area contributed by atoms with E-state index in [1.54, 1.807) is 12.1 Å². The van der Waals surface area contributed by atoms with Crippen LogP contribution in [0.4, 0.5) is 4.39 Å². The highest BCUT2D eigenvalue weighted by Crippen LogP contribution is 2.26. The Morgan fingerprint density at radius 1 is 1.21 bits per heavy atom. The SMILES string of the molecule is COc1ccc(CSc2cccc(CO)c2)c(F)c1. The van der Waals surface area contributed by atoms with Crippen LogP contribution in [-0.2, 0) is 12.4 Å². The van der Waals surface area contributed by atoms with Gasteiger partial charge in [0.15, 0.2) is 0 Å². The van der Waals surface area contributed by atoms with Crippen molar-refractivity contribution < 1.29 is 14.2 Å². The molecule has 100 valence electrons. The van der Waals surface area contributed by atoms with Crippen LogP contribution in [-0.4, -0.2) is 12.2 Å². The first-order chi connectivity index (χ1) is 9.22. The molecule has 0 fully saturated rings. The lowest BCUT2D eigenvalue weighted by Crippen LogP contribution is -1.90. The van der Waals surface area contributed by atoms with Crippen LogP contribution in [0.1, 0.15) is 11.1 Å². The molecule has 0 saturated heterocycles. The number of hydrogen-bond acceptors (Lipinski definition) is 3. The second-order valence-corrected chi connectivity index (χ2v) is 5.10. The van der Waals surface area contributed by atoms with Crippen molar-refractivity contribution in [1.29, 1.82) is 0 Å². The molecule has 0 spiro atoms. The molecule has 4 heteroatoms. The van der Waals surface area contributed by atoms with Crippen LogP contribution >= 0.6 is 11.8 Å². The molecule has 2 nitrogen and oxygen atoms in total. The smallest absolute Gasteiger partial charge is 0.130 e. The minimum atomic E-state index is -0.259. The zero-order chi connectivity index (χ0) is 13.7. The van der Waals surface area contributed by atoms with Crippen LogP contribution in [0.15, 0.2) is 47.4 Å². The monoisotopic (exact) mass is 278 g/mol. The summed E-state index contributed by atoms with van der Waals surface area (Å²) in [5.74, 6) is 0.809. The summed E-state index contributed by atoms with van der Waals surface area (Å²) in [6, 6.07) is 12.5. The summed E-state index contributed by atoms with van der Waals surface area (Å²) in [7, 11) is 1.52. The Labute approximate surface area is 116 Å². The van der Waals surface area contributed by atoms with Gasteiger partial charge in [-0.1, -0.05) is 18.2 Å². The molecule has 0 atom stereocenters. The lowest BCUT2D eigenvalue weighted by Gasteiger charge is -2.06. The fourth-order valence-electron chi connectivity index (χ4n) is 1.67. The second kappa shape index (κ2) is 6.59. The fraction of sp³-hybridized carbons (Fsp3) is 0.200. The number of thioether (sulfide) groups is 1. The molecule has 0 unspecified atom stereocenters. The van der Waals surface area contributed by atoms with Crippen LogP contribution in [0.3, 0.4) is 0 Å². The Hall–Kier alpha value is -1.52. The van der Waals surface area contributed by atoms with Crippen molar-refractivity contribution in [2.24, 2.45) is 0 Å². The highest BCUT2D eigenvalue weighted by Gasteiger charge is 2.05. The molecule has 1 N–H and O–H groups in total. The lowest BCUT2D eigenvalue weighted by atomic mass is 10.2. The Kier molecular flexibility index (Phi) is 4.82. The van der Waals surface area contributed by atoms with Crippen molar-refractivity contribution in [1.82, 2.24) is 0 Å². The Balaban J connectivity index is 2.05. The highest BCUT2D eigenvalue weighted by atomic mass is 32.2. The average Bonchev–Trinajstić information content (AvgIpc) is 2.46. The van der Waals surface area contributed by atoms with E-state index in [1.807, 2.05) is 24.3 Å². The van der Waals surface area contributed by atoms with E-state index in [4.69, 9.17) is 9.84 Å². The van der Waals surface area contributed by atoms with E-state index in [2.05, 4.69) is 0 Å². The minimum absolute atomic E-state index is 0.0191. The molecule has 2 aromatic rings. The fourth-order valence-corrected chi connectivity index (χ4v) is 2.63. The molecule has 0 amide bonds. The summed E-state index contributed by atoms with van der Waals surface area (Å²) >= 11 is 1.54. The molecule has 0 aliphatic carbocycles. The Bertz CT molecular complexity index is 558. The molecule has 19 heavy (non-hydrogen) atoms. The molecule has 0 aliphatic rings. The van der Waals surface area contributed by atoms with Gasteiger partial charge in [-0.25, -0.2) is 4.39 Å². The predicted molar refractivity (Wildman–Crippen MR) is 74.9 cm³/mol. The first kappa shape index (κ1) is 13.9. The second-order valence-electron chi connectivity index (χ2n) is 4.05. The normalized spacial score (nSPS) is 10.5. The van der Waals surface area contributed by atoms with E-state index in [1.165, 1.54) is 24.9 Å². The van der Waals surface area contributed by atoms with Crippen molar-refractivity contribution in [3.63, 3.8) is 0 Å². The maximum absolute atomic E-state index is 13.8. The van der Waals surface area contributed by atoms with Crippen LogP contribution < -0.4 is 4.74 Å². The van der Waals surface area contributed by atoms with Crippen molar-refractivity contribution in [3.05, 3.63) is 59.4 Å². The Morgan fingerprint density at radius 3 is 2.74 bits per heavy atom. The van der Waals surface area contributed by atoms with Gasteiger partial charge in [-0.05, 0) is 29.3 Å². The van der Waals surface area contributed by atoms with Gasteiger partial charge < -0.3 is 9.84 Å². The number of aliphatic hydroxyl groups excluding tert-OH is 1. The van der Waals surface area contributed by atoms with Gasteiger partial charge in [0.1, 0.15) is 11.6 Å². The number of aliphatic hydroxyl groups is 1. The van der Waals surface area contributed by atoms with Gasteiger partial charge in [-0.2, -0.15) is 0 Å². The number of halogens is 1. The van der Waals surface area contributed by atoms with E-state index in [9.17, 15) is 4.39 Å². The summed E-state index contributed by atoms with van der Waals surface area (Å²) in [6.45, 7) is 0.0191. The summed E-state index contributed by atoms with van der Waals surface area (Å²) in [4.78, 5) is 1.02. The molecule has 0 bridgehead atoms. The van der Waals surface area contributed by atoms with Gasteiger partial charge in [0.2, 0.25) is 0 Å². The van der Waals surface area contributed by atoms with Gasteiger partial charge in [0.05, 0.1) is 13.7 Å². The molecule has 0 heterocycles. The first-order valence-corrected chi connectivity index (χ1v) is 6.86. The number of methoxy groups -OCH3 is 1. The third-order valence-corrected chi connectivity index (χ3v) is 3.78. The zero-order valence-electron chi connectivity index (χ0n) is 10.6. The quantitative estimate of drug-likeness (QED) is 0.847. The van der Waals surface area contributed by atoms with Crippen LogP contribution in [0.25, 0.3) is 0 Å². The topological polar surface area (TPSA) is 29.5 Å². The molecule has 0 radical (unpaired) electrons. The summed E-state index contributed by atoms with van der Waals surface area (Å²) in [5.41, 5.74) is 1.50. The minimum Gasteiger partial charge on any atom is -0.497 e.